The summed E-state index contributed by atoms with van der Waals surface area (Å²) in [5.74, 6) is -2.63. The zero-order chi connectivity index (χ0) is 32.3. The summed E-state index contributed by atoms with van der Waals surface area (Å²) in [7, 11) is -0.739. The fraction of sp³-hybridized carbons (Fsp3) is 0.594. The molecule has 0 saturated carbocycles. The Labute approximate surface area is 256 Å². The highest BCUT2D eigenvalue weighted by Crippen LogP contribution is 2.40. The Bertz CT molecular complexity index is 1110. The number of ether oxygens (including phenoxy) is 5. The van der Waals surface area contributed by atoms with E-state index in [0.717, 1.165) is 12.2 Å². The number of unbranched alkanes of at least 4 members (excludes halogenated alkanes) is 1. The number of hydrogen-bond acceptors (Lipinski definition) is 10. The smallest absolute Gasteiger partial charge is 0.303 e. The van der Waals surface area contributed by atoms with E-state index in [4.69, 9.17) is 28.1 Å². The number of ketones is 1. The summed E-state index contributed by atoms with van der Waals surface area (Å²) in [5, 5.41) is 11.4. The lowest BCUT2D eigenvalue weighted by molar-refractivity contribution is -0.246. The van der Waals surface area contributed by atoms with E-state index < -0.39 is 55.9 Å². The van der Waals surface area contributed by atoms with Crippen molar-refractivity contribution in [3.05, 3.63) is 54.6 Å². The van der Waals surface area contributed by atoms with Crippen molar-refractivity contribution in [2.24, 2.45) is 5.92 Å². The van der Waals surface area contributed by atoms with Gasteiger partial charge in [-0.3, -0.25) is 14.4 Å². The second-order valence-electron chi connectivity index (χ2n) is 12.0. The zero-order valence-electron chi connectivity index (χ0n) is 26.7. The molecule has 1 aromatic rings. The molecular weight excluding hydrogens is 572 g/mol. The van der Waals surface area contributed by atoms with Crippen molar-refractivity contribution in [3.8, 4) is 5.75 Å². The van der Waals surface area contributed by atoms with Crippen LogP contribution >= 0.6 is 0 Å². The fourth-order valence-corrected chi connectivity index (χ4v) is 6.31. The first-order valence-electron chi connectivity index (χ1n) is 14.6. The number of carbonyl (C=O) groups excluding carboxylic acids is 3. The minimum absolute atomic E-state index is 0.238. The van der Waals surface area contributed by atoms with Gasteiger partial charge in [-0.1, -0.05) is 24.3 Å². The fourth-order valence-electron chi connectivity index (χ4n) is 4.87. The highest BCUT2D eigenvalue weighted by molar-refractivity contribution is 6.69. The molecule has 1 N–H and O–H groups in total. The number of aliphatic hydroxyl groups excluding tert-OH is 1. The number of rotatable bonds is 18. The average Bonchev–Trinajstić information content (AvgIpc) is 3.22. The Balaban J connectivity index is 2.28. The van der Waals surface area contributed by atoms with Crippen molar-refractivity contribution in [2.45, 2.75) is 96.3 Å². The van der Waals surface area contributed by atoms with Gasteiger partial charge in [-0.25, -0.2) is 0 Å². The molecule has 0 aliphatic heterocycles. The molecule has 0 bridgehead atoms. The third kappa shape index (κ3) is 12.4. The zero-order valence-corrected chi connectivity index (χ0v) is 27.7. The standard InChI is InChI=1S/C32H48O10Si/c1-23(33)39-22-29(41-31(3,4)37-5)28(40-24(2)34)17-16-26(35)30-27(36)18-20-32(30,42-43(6,7)8)19-12-13-21-38-25-14-10-9-11-15-25/h9-11,14-18,20,26,28-30,35H,12-13,19,21-22H2,1-8H3/t26?,28-,29+,30?,32?/m0/s1. The molecule has 0 heterocycles. The van der Waals surface area contributed by atoms with Crippen molar-refractivity contribution in [1.29, 1.82) is 0 Å². The van der Waals surface area contributed by atoms with Crippen molar-refractivity contribution in [2.75, 3.05) is 20.3 Å². The van der Waals surface area contributed by atoms with Crippen molar-refractivity contribution < 1.29 is 47.6 Å². The number of carbonyl (C=O) groups is 3. The van der Waals surface area contributed by atoms with Crippen LogP contribution in [0.3, 0.4) is 0 Å². The summed E-state index contributed by atoms with van der Waals surface area (Å²) in [5.41, 5.74) is -1.01. The Morgan fingerprint density at radius 2 is 1.74 bits per heavy atom. The van der Waals surface area contributed by atoms with E-state index in [2.05, 4.69) is 0 Å². The van der Waals surface area contributed by atoms with Crippen LogP contribution in [-0.2, 0) is 37.8 Å². The molecule has 0 aromatic heterocycles. The van der Waals surface area contributed by atoms with Crippen LogP contribution in [0.2, 0.25) is 19.6 Å². The summed E-state index contributed by atoms with van der Waals surface area (Å²) in [6, 6.07) is 9.54. The van der Waals surface area contributed by atoms with Crippen LogP contribution < -0.4 is 4.74 Å². The first-order valence-corrected chi connectivity index (χ1v) is 18.0. The largest absolute Gasteiger partial charge is 0.494 e. The number of benzene rings is 1. The molecule has 0 amide bonds. The van der Waals surface area contributed by atoms with Crippen LogP contribution in [0.25, 0.3) is 0 Å². The van der Waals surface area contributed by atoms with Gasteiger partial charge in [0.1, 0.15) is 24.6 Å². The van der Waals surface area contributed by atoms with Crippen molar-refractivity contribution in [3.63, 3.8) is 0 Å². The normalized spacial score (nSPS) is 21.0. The molecule has 0 saturated heterocycles. The van der Waals surface area contributed by atoms with Gasteiger partial charge in [-0.05, 0) is 83.1 Å². The lowest BCUT2D eigenvalue weighted by atomic mass is 9.81. The molecule has 10 nitrogen and oxygen atoms in total. The predicted octanol–water partition coefficient (Wildman–Crippen LogP) is 4.76. The molecule has 240 valence electrons. The molecule has 2 rings (SSSR count). The number of methoxy groups -OCH3 is 1. The Morgan fingerprint density at radius 3 is 2.33 bits per heavy atom. The van der Waals surface area contributed by atoms with E-state index in [-0.39, 0.29) is 12.4 Å². The average molecular weight is 621 g/mol. The molecular formula is C32H48O10Si. The Morgan fingerprint density at radius 1 is 1.07 bits per heavy atom. The summed E-state index contributed by atoms with van der Waals surface area (Å²) in [6.45, 7) is 12.2. The van der Waals surface area contributed by atoms with E-state index in [1.54, 1.807) is 19.9 Å². The van der Waals surface area contributed by atoms with Crippen LogP contribution in [-0.4, -0.2) is 81.2 Å². The van der Waals surface area contributed by atoms with Crippen molar-refractivity contribution in [1.82, 2.24) is 0 Å². The summed E-state index contributed by atoms with van der Waals surface area (Å²) < 4.78 is 34.4. The maximum absolute atomic E-state index is 13.2. The van der Waals surface area contributed by atoms with Crippen LogP contribution in [0.1, 0.15) is 47.0 Å². The third-order valence-corrected chi connectivity index (χ3v) is 7.71. The van der Waals surface area contributed by atoms with Gasteiger partial charge < -0.3 is 33.2 Å². The Hall–Kier alpha value is -2.83. The minimum atomic E-state index is -2.19. The maximum atomic E-state index is 13.2. The highest BCUT2D eigenvalue weighted by atomic mass is 28.4. The number of allylic oxidation sites excluding steroid dienone is 1. The SMILES string of the molecule is COC(C)(C)O[C@H](COC(C)=O)[C@H](C=CC(O)C1C(=O)C=CC1(CCCCOc1ccccc1)O[Si](C)(C)C)OC(C)=O. The van der Waals surface area contributed by atoms with Gasteiger partial charge in [0.2, 0.25) is 0 Å². The van der Waals surface area contributed by atoms with E-state index in [1.165, 1.54) is 39.2 Å². The molecule has 0 spiro atoms. The monoisotopic (exact) mass is 620 g/mol. The number of para-hydroxylation sites is 1. The minimum Gasteiger partial charge on any atom is -0.494 e. The van der Waals surface area contributed by atoms with Gasteiger partial charge in [0.15, 0.2) is 19.9 Å². The van der Waals surface area contributed by atoms with Gasteiger partial charge in [-0.2, -0.15) is 0 Å². The van der Waals surface area contributed by atoms with Gasteiger partial charge in [0.25, 0.3) is 0 Å². The van der Waals surface area contributed by atoms with Gasteiger partial charge >= 0.3 is 11.9 Å². The highest BCUT2D eigenvalue weighted by Gasteiger charge is 2.50. The summed E-state index contributed by atoms with van der Waals surface area (Å²) in [4.78, 5) is 36.8. The number of esters is 2. The molecule has 5 atom stereocenters. The van der Waals surface area contributed by atoms with E-state index in [0.29, 0.717) is 19.4 Å². The summed E-state index contributed by atoms with van der Waals surface area (Å²) in [6.07, 6.45) is 4.73. The summed E-state index contributed by atoms with van der Waals surface area (Å²) >= 11 is 0. The molecule has 1 aromatic carbocycles. The first kappa shape index (κ1) is 36.4. The van der Waals surface area contributed by atoms with Crippen LogP contribution in [0.15, 0.2) is 54.6 Å². The van der Waals surface area contributed by atoms with Crippen molar-refractivity contribution >= 4 is 26.0 Å². The molecule has 3 unspecified atom stereocenters. The molecule has 11 heteroatoms. The van der Waals surface area contributed by atoms with E-state index in [9.17, 15) is 19.5 Å². The van der Waals surface area contributed by atoms with Gasteiger partial charge in [0, 0.05) is 21.0 Å². The second-order valence-corrected chi connectivity index (χ2v) is 16.4. The lowest BCUT2D eigenvalue weighted by Gasteiger charge is -2.40. The Kier molecular flexibility index (Phi) is 13.8. The quantitative estimate of drug-likeness (QED) is 0.0807. The maximum Gasteiger partial charge on any atom is 0.303 e. The molecule has 0 radical (unpaired) electrons. The van der Waals surface area contributed by atoms with Crippen LogP contribution in [0.5, 0.6) is 5.75 Å². The molecule has 1 aliphatic rings. The topological polar surface area (TPSA) is 127 Å². The second kappa shape index (κ2) is 16.3. The number of hydrogen-bond donors (Lipinski definition) is 1. The van der Waals surface area contributed by atoms with Gasteiger partial charge in [0.05, 0.1) is 24.2 Å². The molecule has 0 fully saturated rings. The molecule has 1 aliphatic carbocycles. The van der Waals surface area contributed by atoms with E-state index in [1.807, 2.05) is 50.0 Å². The first-order chi connectivity index (χ1) is 20.1. The van der Waals surface area contributed by atoms with E-state index >= 15 is 0 Å². The number of aliphatic hydroxyl groups is 1. The van der Waals surface area contributed by atoms with Crippen LogP contribution in [0.4, 0.5) is 0 Å². The molecule has 43 heavy (non-hydrogen) atoms. The van der Waals surface area contributed by atoms with Crippen LogP contribution in [0, 0.1) is 5.92 Å². The third-order valence-electron chi connectivity index (χ3n) is 6.72. The lowest BCUT2D eigenvalue weighted by Crippen LogP contribution is -2.50. The van der Waals surface area contributed by atoms with Gasteiger partial charge in [-0.15, -0.1) is 0 Å². The predicted molar refractivity (Wildman–Crippen MR) is 164 cm³/mol.